The number of hydrogen-bond donors (Lipinski definition) is 2. The van der Waals surface area contributed by atoms with Crippen molar-refractivity contribution in [3.8, 4) is 0 Å². The topological polar surface area (TPSA) is 84.3 Å². The van der Waals surface area contributed by atoms with Gasteiger partial charge in [0.1, 0.15) is 11.8 Å². The molecule has 35 heavy (non-hydrogen) atoms. The fourth-order valence-corrected chi connectivity index (χ4v) is 7.63. The van der Waals surface area contributed by atoms with E-state index >= 15 is 4.39 Å². The lowest BCUT2D eigenvalue weighted by molar-refractivity contribution is -0.150. The summed E-state index contributed by atoms with van der Waals surface area (Å²) in [5.74, 6) is -0.0215. The lowest BCUT2D eigenvalue weighted by Crippen LogP contribution is -2.58. The summed E-state index contributed by atoms with van der Waals surface area (Å²) in [6.45, 7) is 4.94. The molecule has 0 bridgehead atoms. The van der Waals surface area contributed by atoms with Gasteiger partial charge in [-0.15, -0.1) is 0 Å². The predicted molar refractivity (Wildman–Crippen MR) is 130 cm³/mol. The number of halogens is 1. The van der Waals surface area contributed by atoms with Gasteiger partial charge in [-0.2, -0.15) is 0 Å². The summed E-state index contributed by atoms with van der Waals surface area (Å²) < 4.78 is 15.5. The first kappa shape index (κ1) is 25.4. The predicted octanol–water partition coefficient (Wildman–Crippen LogP) is 2.34. The van der Waals surface area contributed by atoms with Crippen LogP contribution in [0.5, 0.6) is 0 Å². The van der Waals surface area contributed by atoms with Crippen LogP contribution < -0.4 is 0 Å². The number of hydrogen-bond acceptors (Lipinski definition) is 5. The summed E-state index contributed by atoms with van der Waals surface area (Å²) in [4.78, 5) is 31.6. The monoisotopic (exact) mass is 493 g/mol. The van der Waals surface area contributed by atoms with E-state index in [4.69, 9.17) is 0 Å². The second-order valence-corrected chi connectivity index (χ2v) is 12.0. The molecule has 0 aromatic rings. The molecule has 2 saturated heterocycles. The Hall–Kier alpha value is -1.25. The third-order valence-corrected chi connectivity index (χ3v) is 9.76. The Kier molecular flexibility index (Phi) is 7.44. The SMILES string of the molecule is CCCN1C2CCC(O)CC2CCC1C1CCC(C(=O)N2CCN(C(=O)C3(O)CC3)CC2)C(F)C1. The quantitative estimate of drug-likeness (QED) is 0.614. The number of rotatable bonds is 5. The molecule has 0 spiro atoms. The standard InChI is InChI=1S/C27H44FN3O4/c1-2-11-31-23(7-4-18-16-20(32)5-8-24(18)31)19-3-6-21(22(28)17-19)25(33)29-12-14-30(15-13-29)26(34)27(35)9-10-27/h18-24,32,35H,2-17H2,1H3. The van der Waals surface area contributed by atoms with E-state index < -0.39 is 17.7 Å². The lowest BCUT2D eigenvalue weighted by atomic mass is 9.69. The molecule has 7 atom stereocenters. The number of carbonyl (C=O) groups is 2. The Morgan fingerprint density at radius 1 is 0.886 bits per heavy atom. The molecule has 2 heterocycles. The molecular weight excluding hydrogens is 449 g/mol. The largest absolute Gasteiger partial charge is 0.393 e. The smallest absolute Gasteiger partial charge is 0.254 e. The number of carbonyl (C=O) groups excluding carboxylic acids is 2. The molecule has 5 aliphatic rings. The molecule has 5 rings (SSSR count). The molecule has 0 aromatic heterocycles. The van der Waals surface area contributed by atoms with Crippen molar-refractivity contribution in [2.24, 2.45) is 17.8 Å². The Bertz CT molecular complexity index is 784. The zero-order chi connectivity index (χ0) is 24.7. The number of likely N-dealkylation sites (tertiary alicyclic amines) is 1. The zero-order valence-corrected chi connectivity index (χ0v) is 21.3. The van der Waals surface area contributed by atoms with Crippen molar-refractivity contribution in [1.82, 2.24) is 14.7 Å². The highest BCUT2D eigenvalue weighted by atomic mass is 19.1. The third-order valence-electron chi connectivity index (χ3n) is 9.76. The van der Waals surface area contributed by atoms with Crippen molar-refractivity contribution >= 4 is 11.8 Å². The highest BCUT2D eigenvalue weighted by molar-refractivity contribution is 5.88. The van der Waals surface area contributed by atoms with E-state index in [1.165, 1.54) is 0 Å². The summed E-state index contributed by atoms with van der Waals surface area (Å²) in [5, 5.41) is 20.2. The molecule has 8 heteroatoms. The van der Waals surface area contributed by atoms with E-state index in [-0.39, 0.29) is 17.9 Å². The second kappa shape index (κ2) is 10.3. The van der Waals surface area contributed by atoms with Crippen LogP contribution in [0.2, 0.25) is 0 Å². The fourth-order valence-electron chi connectivity index (χ4n) is 7.63. The molecule has 2 N–H and O–H groups in total. The lowest BCUT2D eigenvalue weighted by Gasteiger charge is -2.53. The van der Waals surface area contributed by atoms with Crippen LogP contribution in [-0.2, 0) is 9.59 Å². The van der Waals surface area contributed by atoms with Crippen LogP contribution in [0.3, 0.4) is 0 Å². The Balaban J connectivity index is 1.15. The molecule has 0 radical (unpaired) electrons. The number of aliphatic hydroxyl groups excluding tert-OH is 1. The van der Waals surface area contributed by atoms with Crippen molar-refractivity contribution < 1.29 is 24.2 Å². The van der Waals surface area contributed by atoms with E-state index in [0.717, 1.165) is 51.5 Å². The zero-order valence-electron chi connectivity index (χ0n) is 21.3. The van der Waals surface area contributed by atoms with Crippen molar-refractivity contribution in [2.45, 2.75) is 108 Å². The van der Waals surface area contributed by atoms with E-state index in [1.807, 2.05) is 0 Å². The van der Waals surface area contributed by atoms with Crippen molar-refractivity contribution in [3.63, 3.8) is 0 Å². The van der Waals surface area contributed by atoms with Gasteiger partial charge in [0.25, 0.3) is 5.91 Å². The molecule has 7 nitrogen and oxygen atoms in total. The maximum absolute atomic E-state index is 15.5. The number of piperidine rings is 1. The molecule has 0 aromatic carbocycles. The Morgan fingerprint density at radius 3 is 2.11 bits per heavy atom. The number of fused-ring (bicyclic) bond motifs is 1. The maximum Gasteiger partial charge on any atom is 0.254 e. The van der Waals surface area contributed by atoms with Crippen LogP contribution >= 0.6 is 0 Å². The summed E-state index contributed by atoms with van der Waals surface area (Å²) in [6.07, 6.45) is 7.85. The number of alkyl halides is 1. The average molecular weight is 494 g/mol. The first-order valence-electron chi connectivity index (χ1n) is 14.2. The van der Waals surface area contributed by atoms with Crippen LogP contribution in [-0.4, -0.2) is 99.4 Å². The van der Waals surface area contributed by atoms with Gasteiger partial charge in [-0.1, -0.05) is 6.92 Å². The van der Waals surface area contributed by atoms with Gasteiger partial charge in [0, 0.05) is 38.3 Å². The van der Waals surface area contributed by atoms with Crippen molar-refractivity contribution in [2.75, 3.05) is 32.7 Å². The van der Waals surface area contributed by atoms with Crippen LogP contribution in [0, 0.1) is 17.8 Å². The second-order valence-electron chi connectivity index (χ2n) is 12.0. The molecule has 198 valence electrons. The van der Waals surface area contributed by atoms with E-state index in [0.29, 0.717) is 75.8 Å². The molecule has 2 amide bonds. The Morgan fingerprint density at radius 2 is 1.49 bits per heavy atom. The Labute approximate surface area is 209 Å². The van der Waals surface area contributed by atoms with Gasteiger partial charge < -0.3 is 20.0 Å². The number of piperazine rings is 1. The number of nitrogens with zero attached hydrogens (tertiary/aromatic N) is 3. The van der Waals surface area contributed by atoms with Crippen LogP contribution in [0.4, 0.5) is 4.39 Å². The highest BCUT2D eigenvalue weighted by Gasteiger charge is 2.51. The van der Waals surface area contributed by atoms with E-state index in [1.54, 1.807) is 9.80 Å². The number of amides is 2. The van der Waals surface area contributed by atoms with Gasteiger partial charge in [0.05, 0.1) is 12.0 Å². The van der Waals surface area contributed by atoms with Gasteiger partial charge in [0.15, 0.2) is 0 Å². The van der Waals surface area contributed by atoms with Crippen LogP contribution in [0.1, 0.15) is 77.6 Å². The molecule has 3 saturated carbocycles. The minimum Gasteiger partial charge on any atom is -0.393 e. The molecule has 5 fully saturated rings. The van der Waals surface area contributed by atoms with Crippen molar-refractivity contribution in [1.29, 1.82) is 0 Å². The van der Waals surface area contributed by atoms with E-state index in [9.17, 15) is 19.8 Å². The fraction of sp³-hybridized carbons (Fsp3) is 0.926. The highest BCUT2D eigenvalue weighted by Crippen LogP contribution is 2.44. The van der Waals surface area contributed by atoms with Gasteiger partial charge in [-0.3, -0.25) is 14.5 Å². The van der Waals surface area contributed by atoms with Gasteiger partial charge in [0.2, 0.25) is 5.91 Å². The summed E-state index contributed by atoms with van der Waals surface area (Å²) in [6, 6.07) is 0.908. The van der Waals surface area contributed by atoms with Crippen LogP contribution in [0.25, 0.3) is 0 Å². The first-order chi connectivity index (χ1) is 16.8. The molecular formula is C27H44FN3O4. The van der Waals surface area contributed by atoms with Gasteiger partial charge in [-0.05, 0) is 89.0 Å². The maximum atomic E-state index is 15.5. The minimum atomic E-state index is -1.17. The summed E-state index contributed by atoms with van der Waals surface area (Å²) >= 11 is 0. The average Bonchev–Trinajstić information content (AvgIpc) is 3.62. The minimum absolute atomic E-state index is 0.0939. The third kappa shape index (κ3) is 5.12. The first-order valence-corrected chi connectivity index (χ1v) is 14.2. The van der Waals surface area contributed by atoms with Gasteiger partial charge in [-0.25, -0.2) is 4.39 Å². The summed E-state index contributed by atoms with van der Waals surface area (Å²) in [5.41, 5.74) is -1.17. The molecule has 3 aliphatic carbocycles. The number of aliphatic hydroxyl groups is 2. The summed E-state index contributed by atoms with van der Waals surface area (Å²) in [7, 11) is 0. The van der Waals surface area contributed by atoms with Crippen molar-refractivity contribution in [3.05, 3.63) is 0 Å². The van der Waals surface area contributed by atoms with Crippen LogP contribution in [0.15, 0.2) is 0 Å². The van der Waals surface area contributed by atoms with Gasteiger partial charge >= 0.3 is 0 Å². The normalized spacial score (nSPS) is 39.7. The molecule has 2 aliphatic heterocycles. The molecule has 7 unspecified atom stereocenters. The van der Waals surface area contributed by atoms with E-state index in [2.05, 4.69) is 11.8 Å².